The molecule has 0 saturated heterocycles. The fraction of sp³-hybridized carbons (Fsp3) is 0.121. The predicted molar refractivity (Wildman–Crippen MR) is 305 cm³/mol. The van der Waals surface area contributed by atoms with E-state index in [1.807, 2.05) is 68.4 Å². The first kappa shape index (κ1) is 50.0. The average Bonchev–Trinajstić information content (AvgIpc) is 4.49. The van der Waals surface area contributed by atoms with Gasteiger partial charge < -0.3 is 10.6 Å². The maximum atomic E-state index is 13.9. The number of carbonyl (C=O) groups is 2. The molecular formula is C66H51F2N9O2. The summed E-state index contributed by atoms with van der Waals surface area (Å²) in [6.07, 6.45) is 7.89. The second kappa shape index (κ2) is 21.3. The number of rotatable bonds is 12. The Morgan fingerprint density at radius 3 is 1.52 bits per heavy atom. The van der Waals surface area contributed by atoms with Crippen LogP contribution in [0.2, 0.25) is 0 Å². The first-order valence-electron chi connectivity index (χ1n) is 26.1. The smallest absolute Gasteiger partial charge is 0.266 e. The Morgan fingerprint density at radius 2 is 1.01 bits per heavy atom. The number of amides is 2. The Kier molecular flexibility index (Phi) is 13.5. The van der Waals surface area contributed by atoms with Crippen molar-refractivity contribution in [2.24, 2.45) is 15.0 Å². The summed E-state index contributed by atoms with van der Waals surface area (Å²) in [5.41, 5.74) is 14.9. The Bertz CT molecular complexity index is 3940. The van der Waals surface area contributed by atoms with Gasteiger partial charge in [0.05, 0.1) is 41.2 Å². The maximum absolute atomic E-state index is 13.9. The van der Waals surface area contributed by atoms with Gasteiger partial charge in [0.2, 0.25) is 0 Å². The van der Waals surface area contributed by atoms with E-state index >= 15 is 0 Å². The Morgan fingerprint density at radius 1 is 0.532 bits per heavy atom. The summed E-state index contributed by atoms with van der Waals surface area (Å²) < 4.78 is 29.5. The van der Waals surface area contributed by atoms with Crippen LogP contribution in [0.1, 0.15) is 81.6 Å². The first-order valence-corrected chi connectivity index (χ1v) is 26.1. The number of nitrogens with one attached hydrogen (secondary N) is 2. The van der Waals surface area contributed by atoms with Crippen LogP contribution in [0.3, 0.4) is 0 Å². The van der Waals surface area contributed by atoms with Crippen molar-refractivity contribution >= 4 is 51.2 Å². The highest BCUT2D eigenvalue weighted by atomic mass is 19.1. The molecule has 0 unspecified atom stereocenters. The van der Waals surface area contributed by atoms with Crippen LogP contribution in [-0.2, 0) is 34.5 Å². The third-order valence-corrected chi connectivity index (χ3v) is 14.8. The van der Waals surface area contributed by atoms with Gasteiger partial charge in [-0.3, -0.25) is 24.5 Å². The SMILES string of the molecule is C[C@@H](NC(=O)C1=Nc2cc3c(-c4ccncc4)nn(C(c4ccccc4)(c4ccccc4)c4ccccc4)c3cc2C1)c1cccc(F)c1.C[C@@H](NC(=O)C1=Nc2cc3c(cc2C1)CN=C3c1ccncc1)c1cccc(F)c1. The van der Waals surface area contributed by atoms with Crippen molar-refractivity contribution in [1.29, 1.82) is 0 Å². The third kappa shape index (κ3) is 9.71. The van der Waals surface area contributed by atoms with Gasteiger partial charge >= 0.3 is 0 Å². The molecule has 0 fully saturated rings. The molecule has 7 aromatic carbocycles. The molecule has 2 amide bonds. The summed E-state index contributed by atoms with van der Waals surface area (Å²) in [7, 11) is 0. The lowest BCUT2D eigenvalue weighted by Gasteiger charge is -2.37. The molecule has 0 spiro atoms. The normalized spacial score (nSPS) is 13.9. The highest BCUT2D eigenvalue weighted by Crippen LogP contribution is 2.46. The number of hydrogen-bond donors (Lipinski definition) is 2. The molecule has 0 aliphatic carbocycles. The van der Waals surface area contributed by atoms with Gasteiger partial charge in [-0.15, -0.1) is 0 Å². The lowest BCUT2D eigenvalue weighted by Crippen LogP contribution is -2.38. The molecule has 10 aromatic rings. The van der Waals surface area contributed by atoms with Crippen molar-refractivity contribution < 1.29 is 18.4 Å². The number of nitrogens with zero attached hydrogens (tertiary/aromatic N) is 7. The second-order valence-corrected chi connectivity index (χ2v) is 19.8. The Labute approximate surface area is 455 Å². The van der Waals surface area contributed by atoms with Crippen LogP contribution in [-0.4, -0.2) is 48.7 Å². The highest BCUT2D eigenvalue weighted by Gasteiger charge is 2.41. The van der Waals surface area contributed by atoms with Crippen LogP contribution in [0.4, 0.5) is 20.2 Å². The summed E-state index contributed by atoms with van der Waals surface area (Å²) in [5, 5.41) is 12.3. The van der Waals surface area contributed by atoms with Crippen molar-refractivity contribution in [3.05, 3.63) is 280 Å². The summed E-state index contributed by atoms with van der Waals surface area (Å²) in [6.45, 7) is 4.30. The number of halogens is 2. The number of aliphatic imine (C=N–C) groups is 3. The fourth-order valence-electron chi connectivity index (χ4n) is 10.9. The summed E-state index contributed by atoms with van der Waals surface area (Å²) in [6, 6.07) is 59.3. The molecule has 3 aromatic heterocycles. The zero-order valence-electron chi connectivity index (χ0n) is 43.2. The first-order chi connectivity index (χ1) is 38.6. The highest BCUT2D eigenvalue weighted by molar-refractivity contribution is 6.41. The quantitative estimate of drug-likeness (QED) is 0.117. The molecule has 0 saturated carbocycles. The minimum absolute atomic E-state index is 0.230. The van der Waals surface area contributed by atoms with Gasteiger partial charge in [0.15, 0.2) is 0 Å². The zero-order valence-corrected chi connectivity index (χ0v) is 43.2. The van der Waals surface area contributed by atoms with E-state index < -0.39 is 5.54 Å². The second-order valence-electron chi connectivity index (χ2n) is 19.8. The number of fused-ring (bicyclic) bond motifs is 4. The van der Waals surface area contributed by atoms with Gasteiger partial charge in [-0.1, -0.05) is 121 Å². The van der Waals surface area contributed by atoms with Crippen LogP contribution in [0, 0.1) is 11.6 Å². The molecular weight excluding hydrogens is 989 g/mol. The standard InChI is InChI=1S/C42H32FN5O.C24H19FN4O/c1-28(30-12-11-19-35(43)24-30)45-41(49)38-25-31-26-39-36(27-37(31)46-38)40(29-20-22-44-23-21-29)47-48(39)42(32-13-5-2-6-14-32,33-15-7-3-8-16-33)34-17-9-4-10-18-34;1-14(16-3-2-4-19(25)10-16)28-24(30)22-11-17-9-18-13-27-23(15-5-7-26-8-6-15)20(18)12-21(17)29-22/h2-24,26-28H,25H2,1H3,(H,45,49);2-10,12,14H,11,13H2,1H3,(H,28,30)/t28-;14-/m11/s1. The number of hydrogen-bond acceptors (Lipinski definition) is 8. The Hall–Kier alpha value is -9.88. The molecule has 3 aliphatic heterocycles. The number of pyridine rings is 2. The third-order valence-electron chi connectivity index (χ3n) is 14.8. The van der Waals surface area contributed by atoms with Crippen LogP contribution < -0.4 is 10.6 Å². The molecule has 79 heavy (non-hydrogen) atoms. The van der Waals surface area contributed by atoms with Crippen LogP contribution in [0.25, 0.3) is 22.2 Å². The molecule has 6 heterocycles. The number of aromatic nitrogens is 4. The summed E-state index contributed by atoms with van der Waals surface area (Å²) in [4.78, 5) is 48.7. The van der Waals surface area contributed by atoms with Crippen molar-refractivity contribution in [3.63, 3.8) is 0 Å². The van der Waals surface area contributed by atoms with Gasteiger partial charge in [-0.25, -0.2) is 23.4 Å². The van der Waals surface area contributed by atoms with Crippen LogP contribution in [0.5, 0.6) is 0 Å². The van der Waals surface area contributed by atoms with Crippen molar-refractivity contribution in [3.8, 4) is 11.3 Å². The van der Waals surface area contributed by atoms with E-state index in [4.69, 9.17) is 10.1 Å². The molecule has 13 rings (SSSR count). The van der Waals surface area contributed by atoms with E-state index in [0.29, 0.717) is 36.4 Å². The van der Waals surface area contributed by atoms with Gasteiger partial charge in [-0.05, 0) is 125 Å². The van der Waals surface area contributed by atoms with E-state index in [9.17, 15) is 18.4 Å². The summed E-state index contributed by atoms with van der Waals surface area (Å²) in [5.74, 6) is -1.17. The molecule has 3 aliphatic rings. The molecule has 2 atom stereocenters. The van der Waals surface area contributed by atoms with Gasteiger partial charge in [0, 0.05) is 59.7 Å². The molecule has 0 bridgehead atoms. The lowest BCUT2D eigenvalue weighted by molar-refractivity contribution is -0.116. The van der Waals surface area contributed by atoms with E-state index in [-0.39, 0.29) is 35.5 Å². The molecule has 0 radical (unpaired) electrons. The van der Waals surface area contributed by atoms with Gasteiger partial charge in [-0.2, -0.15) is 5.10 Å². The van der Waals surface area contributed by atoms with E-state index in [0.717, 1.165) is 89.3 Å². The maximum Gasteiger partial charge on any atom is 0.266 e. The van der Waals surface area contributed by atoms with Crippen LogP contribution in [0.15, 0.2) is 228 Å². The minimum Gasteiger partial charge on any atom is -0.344 e. The van der Waals surface area contributed by atoms with Crippen LogP contribution >= 0.6 is 0 Å². The van der Waals surface area contributed by atoms with Gasteiger partial charge in [0.25, 0.3) is 11.8 Å². The molecule has 386 valence electrons. The zero-order chi connectivity index (χ0) is 54.0. The monoisotopic (exact) mass is 1040 g/mol. The number of benzene rings is 7. The Balaban J connectivity index is 0.000000177. The molecule has 11 nitrogen and oxygen atoms in total. The van der Waals surface area contributed by atoms with Crippen molar-refractivity contribution in [2.75, 3.05) is 0 Å². The van der Waals surface area contributed by atoms with E-state index in [1.165, 1.54) is 24.3 Å². The van der Waals surface area contributed by atoms with E-state index in [1.54, 1.807) is 49.1 Å². The van der Waals surface area contributed by atoms with Crippen molar-refractivity contribution in [1.82, 2.24) is 30.4 Å². The average molecular weight is 1040 g/mol. The fourth-order valence-corrected chi connectivity index (χ4v) is 10.9. The minimum atomic E-state index is -0.846. The molecule has 2 N–H and O–H groups in total. The lowest BCUT2D eigenvalue weighted by atomic mass is 9.77. The summed E-state index contributed by atoms with van der Waals surface area (Å²) >= 11 is 0. The van der Waals surface area contributed by atoms with E-state index in [2.05, 4.69) is 120 Å². The van der Waals surface area contributed by atoms with Crippen molar-refractivity contribution in [2.45, 2.75) is 50.9 Å². The van der Waals surface area contributed by atoms with Gasteiger partial charge in [0.1, 0.15) is 34.3 Å². The topological polar surface area (TPSA) is 139 Å². The largest absolute Gasteiger partial charge is 0.344 e. The number of carbonyl (C=O) groups excluding carboxylic acids is 2. The molecule has 13 heteroatoms. The predicted octanol–water partition coefficient (Wildman–Crippen LogP) is 12.7.